The Kier molecular flexibility index (Phi) is 4.57. The molecule has 0 saturated heterocycles. The molecular weight excluding hydrogens is 292 g/mol. The van der Waals surface area contributed by atoms with Crippen LogP contribution in [0.2, 0.25) is 0 Å². The maximum absolute atomic E-state index is 13.1. The van der Waals surface area contributed by atoms with Gasteiger partial charge in [-0.2, -0.15) is 0 Å². The first-order valence-electron chi connectivity index (χ1n) is 7.78. The van der Waals surface area contributed by atoms with Gasteiger partial charge < -0.3 is 14.4 Å². The topological polar surface area (TPSA) is 51.7 Å². The van der Waals surface area contributed by atoms with Crippen molar-refractivity contribution in [2.24, 2.45) is 0 Å². The van der Waals surface area contributed by atoms with Crippen LogP contribution in [0.3, 0.4) is 0 Å². The lowest BCUT2D eigenvalue weighted by Gasteiger charge is -2.23. The zero-order valence-corrected chi connectivity index (χ0v) is 13.4. The first kappa shape index (κ1) is 15.5. The van der Waals surface area contributed by atoms with E-state index in [9.17, 15) is 4.79 Å². The summed E-state index contributed by atoms with van der Waals surface area (Å²) in [5.74, 6) is 0.277. The van der Waals surface area contributed by atoms with Crippen molar-refractivity contribution in [2.45, 2.75) is 20.5 Å². The summed E-state index contributed by atoms with van der Waals surface area (Å²) in [4.78, 5) is 19.2. The van der Waals surface area contributed by atoms with Crippen molar-refractivity contribution >= 4 is 11.6 Å². The van der Waals surface area contributed by atoms with E-state index in [-0.39, 0.29) is 5.91 Å². The molecule has 0 unspecified atom stereocenters. The molecule has 120 valence electrons. The van der Waals surface area contributed by atoms with Crippen molar-refractivity contribution < 1.29 is 14.3 Å². The zero-order valence-electron chi connectivity index (χ0n) is 13.4. The lowest BCUT2D eigenvalue weighted by atomic mass is 10.1. The molecule has 2 heterocycles. The van der Waals surface area contributed by atoms with Crippen molar-refractivity contribution in [2.75, 3.05) is 24.7 Å². The molecule has 1 aromatic carbocycles. The zero-order chi connectivity index (χ0) is 16.2. The van der Waals surface area contributed by atoms with Crippen LogP contribution >= 0.6 is 0 Å². The Balaban J connectivity index is 2.00. The molecule has 0 atom stereocenters. The Labute approximate surface area is 135 Å². The normalized spacial score (nSPS) is 14.1. The largest absolute Gasteiger partial charge is 0.477 e. The molecule has 0 aliphatic carbocycles. The predicted octanol–water partition coefficient (Wildman–Crippen LogP) is 2.97. The SMILES string of the molecule is CCOc1nc(C)ccc1C(=O)N1CCOCc2ccccc21. The minimum atomic E-state index is -0.112. The molecule has 0 spiro atoms. The van der Waals surface area contributed by atoms with Gasteiger partial charge >= 0.3 is 0 Å². The standard InChI is InChI=1S/C18H20N2O3/c1-3-23-17-15(9-8-13(2)19-17)18(21)20-10-11-22-12-14-6-4-5-7-16(14)20/h4-9H,3,10-12H2,1-2H3. The molecule has 23 heavy (non-hydrogen) atoms. The lowest BCUT2D eigenvalue weighted by Crippen LogP contribution is -2.33. The third-order valence-corrected chi connectivity index (χ3v) is 3.76. The Morgan fingerprint density at radius 1 is 1.30 bits per heavy atom. The van der Waals surface area contributed by atoms with E-state index in [1.807, 2.05) is 44.2 Å². The molecule has 0 N–H and O–H groups in total. The molecule has 0 fully saturated rings. The molecule has 3 rings (SSSR count). The van der Waals surface area contributed by atoms with Gasteiger partial charge in [-0.05, 0) is 32.0 Å². The Morgan fingerprint density at radius 3 is 2.96 bits per heavy atom. The Morgan fingerprint density at radius 2 is 2.13 bits per heavy atom. The number of nitrogens with zero attached hydrogens (tertiary/aromatic N) is 2. The highest BCUT2D eigenvalue weighted by Gasteiger charge is 2.25. The molecule has 1 aromatic heterocycles. The molecule has 2 aromatic rings. The summed E-state index contributed by atoms with van der Waals surface area (Å²) in [6, 6.07) is 11.4. The summed E-state index contributed by atoms with van der Waals surface area (Å²) in [7, 11) is 0. The number of carbonyl (C=O) groups is 1. The van der Waals surface area contributed by atoms with Crippen LogP contribution in [0, 0.1) is 6.92 Å². The van der Waals surface area contributed by atoms with Crippen molar-refractivity contribution in [3.63, 3.8) is 0 Å². The number of benzene rings is 1. The highest BCUT2D eigenvalue weighted by molar-refractivity contribution is 6.08. The number of ether oxygens (including phenoxy) is 2. The Bertz CT molecular complexity index is 715. The highest BCUT2D eigenvalue weighted by Crippen LogP contribution is 2.27. The van der Waals surface area contributed by atoms with Crippen molar-refractivity contribution in [3.05, 3.63) is 53.2 Å². The van der Waals surface area contributed by atoms with Gasteiger partial charge in [0, 0.05) is 23.5 Å². The van der Waals surface area contributed by atoms with Gasteiger partial charge in [0.05, 0.1) is 19.8 Å². The summed E-state index contributed by atoms with van der Waals surface area (Å²) in [5.41, 5.74) is 3.20. The quantitative estimate of drug-likeness (QED) is 0.874. The third-order valence-electron chi connectivity index (χ3n) is 3.76. The maximum Gasteiger partial charge on any atom is 0.263 e. The molecule has 1 aliphatic rings. The number of aryl methyl sites for hydroxylation is 1. The van der Waals surface area contributed by atoms with Crippen LogP contribution in [0.5, 0.6) is 5.88 Å². The van der Waals surface area contributed by atoms with Crippen LogP contribution in [-0.4, -0.2) is 30.6 Å². The van der Waals surface area contributed by atoms with Gasteiger partial charge in [0.1, 0.15) is 5.56 Å². The van der Waals surface area contributed by atoms with Gasteiger partial charge in [0.2, 0.25) is 5.88 Å². The maximum atomic E-state index is 13.1. The summed E-state index contributed by atoms with van der Waals surface area (Å²) >= 11 is 0. The van der Waals surface area contributed by atoms with E-state index in [2.05, 4.69) is 4.98 Å². The number of hydrogen-bond acceptors (Lipinski definition) is 4. The molecule has 0 saturated carbocycles. The summed E-state index contributed by atoms with van der Waals surface area (Å²) < 4.78 is 11.2. The van der Waals surface area contributed by atoms with Gasteiger partial charge in [-0.25, -0.2) is 4.98 Å². The molecule has 5 nitrogen and oxygen atoms in total. The van der Waals surface area contributed by atoms with Crippen LogP contribution in [0.1, 0.15) is 28.5 Å². The Hall–Kier alpha value is -2.40. The second-order valence-electron chi connectivity index (χ2n) is 5.38. The second-order valence-corrected chi connectivity index (χ2v) is 5.38. The number of hydrogen-bond donors (Lipinski definition) is 0. The average Bonchev–Trinajstić information content (AvgIpc) is 2.77. The molecule has 0 radical (unpaired) electrons. The molecule has 1 aliphatic heterocycles. The van der Waals surface area contributed by atoms with Crippen molar-refractivity contribution in [3.8, 4) is 5.88 Å². The smallest absolute Gasteiger partial charge is 0.263 e. The molecule has 0 bridgehead atoms. The van der Waals surface area contributed by atoms with Gasteiger partial charge in [0.15, 0.2) is 0 Å². The van der Waals surface area contributed by atoms with Crippen LogP contribution < -0.4 is 9.64 Å². The van der Waals surface area contributed by atoms with Crippen LogP contribution in [0.25, 0.3) is 0 Å². The van der Waals surface area contributed by atoms with Gasteiger partial charge in [0.25, 0.3) is 5.91 Å². The highest BCUT2D eigenvalue weighted by atomic mass is 16.5. The van der Waals surface area contributed by atoms with E-state index >= 15 is 0 Å². The van der Waals surface area contributed by atoms with E-state index in [1.54, 1.807) is 11.0 Å². The number of aromatic nitrogens is 1. The van der Waals surface area contributed by atoms with Gasteiger partial charge in [-0.3, -0.25) is 4.79 Å². The summed E-state index contributed by atoms with van der Waals surface area (Å²) in [5, 5.41) is 0. The fourth-order valence-electron chi connectivity index (χ4n) is 2.65. The fourth-order valence-corrected chi connectivity index (χ4v) is 2.65. The van der Waals surface area contributed by atoms with Crippen molar-refractivity contribution in [1.82, 2.24) is 4.98 Å². The lowest BCUT2D eigenvalue weighted by molar-refractivity contribution is 0.0961. The van der Waals surface area contributed by atoms with E-state index in [4.69, 9.17) is 9.47 Å². The molecule has 1 amide bonds. The van der Waals surface area contributed by atoms with E-state index in [0.717, 1.165) is 16.9 Å². The number of pyridine rings is 1. The number of rotatable bonds is 3. The van der Waals surface area contributed by atoms with Crippen LogP contribution in [0.15, 0.2) is 36.4 Å². The van der Waals surface area contributed by atoms with Crippen molar-refractivity contribution in [1.29, 1.82) is 0 Å². The summed E-state index contributed by atoms with van der Waals surface area (Å²) in [6.45, 7) is 5.76. The number of carbonyl (C=O) groups excluding carboxylic acids is 1. The average molecular weight is 312 g/mol. The van der Waals surface area contributed by atoms with Gasteiger partial charge in [-0.1, -0.05) is 18.2 Å². The van der Waals surface area contributed by atoms with Gasteiger partial charge in [-0.15, -0.1) is 0 Å². The van der Waals surface area contributed by atoms with E-state index < -0.39 is 0 Å². The monoisotopic (exact) mass is 312 g/mol. The third kappa shape index (κ3) is 3.19. The molecule has 5 heteroatoms. The number of fused-ring (bicyclic) bond motifs is 1. The number of para-hydroxylation sites is 1. The first-order valence-corrected chi connectivity index (χ1v) is 7.78. The van der Waals surface area contributed by atoms with Crippen LogP contribution in [0.4, 0.5) is 5.69 Å². The van der Waals surface area contributed by atoms with Crippen LogP contribution in [-0.2, 0) is 11.3 Å². The number of anilines is 1. The minimum absolute atomic E-state index is 0.112. The first-order chi connectivity index (χ1) is 11.2. The second kappa shape index (κ2) is 6.79. The molecular formula is C18H20N2O3. The number of amides is 1. The fraction of sp³-hybridized carbons (Fsp3) is 0.333. The van der Waals surface area contributed by atoms with E-state index in [1.165, 1.54) is 0 Å². The minimum Gasteiger partial charge on any atom is -0.477 e. The van der Waals surface area contributed by atoms with E-state index in [0.29, 0.717) is 37.8 Å². The summed E-state index contributed by atoms with van der Waals surface area (Å²) in [6.07, 6.45) is 0. The predicted molar refractivity (Wildman–Crippen MR) is 87.9 cm³/mol.